The van der Waals surface area contributed by atoms with Crippen molar-refractivity contribution in [2.75, 3.05) is 20.2 Å². The zero-order chi connectivity index (χ0) is 13.2. The van der Waals surface area contributed by atoms with Crippen molar-refractivity contribution in [3.8, 4) is 0 Å². The Kier molecular flexibility index (Phi) is 11.7. The van der Waals surface area contributed by atoms with Gasteiger partial charge in [0.05, 0.1) is 6.10 Å². The number of rotatable bonds is 7. The average Bonchev–Trinajstić information content (AvgIpc) is 2.88. The number of nitrogens with zero attached hydrogens (tertiary/aromatic N) is 1. The van der Waals surface area contributed by atoms with Gasteiger partial charge in [-0.25, -0.2) is 0 Å². The molecule has 0 aromatic heterocycles. The van der Waals surface area contributed by atoms with Gasteiger partial charge in [0.25, 0.3) is 0 Å². The lowest BCUT2D eigenvalue weighted by atomic mass is 10.1. The van der Waals surface area contributed by atoms with Gasteiger partial charge in [0.15, 0.2) is 5.96 Å². The molecule has 0 radical (unpaired) electrons. The van der Waals surface area contributed by atoms with Gasteiger partial charge in [-0.2, -0.15) is 0 Å². The number of hydrogen-bond acceptors (Lipinski definition) is 2. The summed E-state index contributed by atoms with van der Waals surface area (Å²) in [7, 11) is 1.82. The molecule has 1 aliphatic heterocycles. The van der Waals surface area contributed by atoms with Crippen LogP contribution in [0.25, 0.3) is 0 Å². The molecule has 0 saturated carbocycles. The van der Waals surface area contributed by atoms with Crippen LogP contribution in [0.4, 0.5) is 0 Å². The lowest BCUT2D eigenvalue weighted by Crippen LogP contribution is -2.44. The van der Waals surface area contributed by atoms with Crippen LogP contribution in [0.3, 0.4) is 0 Å². The summed E-state index contributed by atoms with van der Waals surface area (Å²) in [6, 6.07) is 0.479. The van der Waals surface area contributed by atoms with Gasteiger partial charge in [-0.15, -0.1) is 24.0 Å². The van der Waals surface area contributed by atoms with Crippen LogP contribution in [0.1, 0.15) is 52.4 Å². The van der Waals surface area contributed by atoms with E-state index in [1.165, 1.54) is 32.1 Å². The minimum Gasteiger partial charge on any atom is -0.376 e. The van der Waals surface area contributed by atoms with E-state index in [0.29, 0.717) is 12.1 Å². The zero-order valence-electron chi connectivity index (χ0n) is 12.6. The van der Waals surface area contributed by atoms with Gasteiger partial charge in [0.2, 0.25) is 0 Å². The molecule has 5 heteroatoms. The highest BCUT2D eigenvalue weighted by Gasteiger charge is 2.15. The van der Waals surface area contributed by atoms with Crippen LogP contribution < -0.4 is 10.6 Å². The summed E-state index contributed by atoms with van der Waals surface area (Å²) in [5.74, 6) is 0.898. The van der Waals surface area contributed by atoms with E-state index in [9.17, 15) is 0 Å². The van der Waals surface area contributed by atoms with Crippen molar-refractivity contribution in [1.82, 2.24) is 10.6 Å². The Balaban J connectivity index is 0.00000324. The van der Waals surface area contributed by atoms with E-state index in [1.54, 1.807) is 0 Å². The van der Waals surface area contributed by atoms with Crippen molar-refractivity contribution in [1.29, 1.82) is 0 Å². The van der Waals surface area contributed by atoms with Gasteiger partial charge in [-0.3, -0.25) is 4.99 Å². The summed E-state index contributed by atoms with van der Waals surface area (Å²) in [4.78, 5) is 4.26. The first-order valence-electron chi connectivity index (χ1n) is 7.35. The fraction of sp³-hybridized carbons (Fsp3) is 0.929. The smallest absolute Gasteiger partial charge is 0.191 e. The molecule has 0 spiro atoms. The minimum absolute atomic E-state index is 0. The first-order chi connectivity index (χ1) is 8.76. The number of ether oxygens (including phenoxy) is 1. The summed E-state index contributed by atoms with van der Waals surface area (Å²) in [6.07, 6.45) is 7.79. The Bertz CT molecular complexity index is 243. The third-order valence-electron chi connectivity index (χ3n) is 3.37. The maximum absolute atomic E-state index is 5.59. The van der Waals surface area contributed by atoms with Gasteiger partial charge in [0.1, 0.15) is 0 Å². The standard InChI is InChI=1S/C14H29N3O.HI/c1-4-5-6-8-12(2)17-14(15-3)16-11-13-9-7-10-18-13;/h12-13H,4-11H2,1-3H3,(H2,15,16,17);1H. The molecule has 2 unspecified atom stereocenters. The average molecular weight is 383 g/mol. The second-order valence-corrected chi connectivity index (χ2v) is 5.13. The highest BCUT2D eigenvalue weighted by molar-refractivity contribution is 14.0. The van der Waals surface area contributed by atoms with Crippen LogP contribution in [-0.2, 0) is 4.74 Å². The van der Waals surface area contributed by atoms with E-state index in [2.05, 4.69) is 29.5 Å². The topological polar surface area (TPSA) is 45.7 Å². The SMILES string of the molecule is CCCCCC(C)NC(=NC)NCC1CCCO1.I. The van der Waals surface area contributed by atoms with Crippen molar-refractivity contribution in [2.24, 2.45) is 4.99 Å². The highest BCUT2D eigenvalue weighted by Crippen LogP contribution is 2.10. The predicted molar refractivity (Wildman–Crippen MR) is 92.5 cm³/mol. The first-order valence-corrected chi connectivity index (χ1v) is 7.35. The van der Waals surface area contributed by atoms with Crippen molar-refractivity contribution in [3.05, 3.63) is 0 Å². The predicted octanol–water partition coefficient (Wildman–Crippen LogP) is 2.92. The molecule has 2 atom stereocenters. The molecule has 0 aromatic carbocycles. The van der Waals surface area contributed by atoms with E-state index >= 15 is 0 Å². The molecule has 19 heavy (non-hydrogen) atoms. The van der Waals surface area contributed by atoms with E-state index in [0.717, 1.165) is 25.5 Å². The van der Waals surface area contributed by atoms with Gasteiger partial charge in [-0.1, -0.05) is 26.2 Å². The molecular formula is C14H30IN3O. The molecule has 114 valence electrons. The molecule has 1 rings (SSSR count). The minimum atomic E-state index is 0. The number of halogens is 1. The summed E-state index contributed by atoms with van der Waals surface area (Å²) in [5, 5.41) is 6.78. The largest absolute Gasteiger partial charge is 0.376 e. The molecule has 2 N–H and O–H groups in total. The van der Waals surface area contributed by atoms with Gasteiger partial charge in [0, 0.05) is 26.2 Å². The fourth-order valence-corrected chi connectivity index (χ4v) is 2.22. The number of guanidine groups is 1. The highest BCUT2D eigenvalue weighted by atomic mass is 127. The molecule has 0 bridgehead atoms. The fourth-order valence-electron chi connectivity index (χ4n) is 2.22. The van der Waals surface area contributed by atoms with Gasteiger partial charge in [-0.05, 0) is 26.2 Å². The second kappa shape index (κ2) is 11.8. The molecule has 1 saturated heterocycles. The van der Waals surface area contributed by atoms with Crippen LogP contribution in [0.2, 0.25) is 0 Å². The van der Waals surface area contributed by atoms with Gasteiger partial charge < -0.3 is 15.4 Å². The number of unbranched alkanes of at least 4 members (excludes halogenated alkanes) is 2. The zero-order valence-corrected chi connectivity index (χ0v) is 14.9. The van der Waals surface area contributed by atoms with E-state index < -0.39 is 0 Å². The monoisotopic (exact) mass is 383 g/mol. The van der Waals surface area contributed by atoms with Crippen molar-refractivity contribution in [2.45, 2.75) is 64.5 Å². The molecule has 0 amide bonds. The summed E-state index contributed by atoms with van der Waals surface area (Å²) < 4.78 is 5.59. The maximum Gasteiger partial charge on any atom is 0.191 e. The van der Waals surface area contributed by atoms with Crippen LogP contribution in [0.5, 0.6) is 0 Å². The molecule has 0 aromatic rings. The van der Waals surface area contributed by atoms with Crippen LogP contribution in [0, 0.1) is 0 Å². The first kappa shape index (κ1) is 19.0. The maximum atomic E-state index is 5.59. The summed E-state index contributed by atoms with van der Waals surface area (Å²) in [6.45, 7) is 6.22. The molecule has 1 fully saturated rings. The van der Waals surface area contributed by atoms with Crippen molar-refractivity contribution < 1.29 is 4.74 Å². The Morgan fingerprint density at radius 2 is 2.21 bits per heavy atom. The quantitative estimate of drug-likeness (QED) is 0.308. The van der Waals surface area contributed by atoms with Crippen LogP contribution >= 0.6 is 24.0 Å². The summed E-state index contributed by atoms with van der Waals surface area (Å²) >= 11 is 0. The molecular weight excluding hydrogens is 353 g/mol. The number of aliphatic imine (C=N–C) groups is 1. The molecule has 4 nitrogen and oxygen atoms in total. The van der Waals surface area contributed by atoms with Gasteiger partial charge >= 0.3 is 0 Å². The van der Waals surface area contributed by atoms with Crippen molar-refractivity contribution >= 4 is 29.9 Å². The Morgan fingerprint density at radius 3 is 2.79 bits per heavy atom. The third kappa shape index (κ3) is 8.68. The third-order valence-corrected chi connectivity index (χ3v) is 3.37. The lowest BCUT2D eigenvalue weighted by Gasteiger charge is -2.19. The number of hydrogen-bond donors (Lipinski definition) is 2. The number of nitrogens with one attached hydrogen (secondary N) is 2. The lowest BCUT2D eigenvalue weighted by molar-refractivity contribution is 0.113. The van der Waals surface area contributed by atoms with Crippen molar-refractivity contribution in [3.63, 3.8) is 0 Å². The van der Waals surface area contributed by atoms with E-state index in [4.69, 9.17) is 4.74 Å². The van der Waals surface area contributed by atoms with Crippen LogP contribution in [0.15, 0.2) is 4.99 Å². The molecule has 1 aliphatic rings. The van der Waals surface area contributed by atoms with E-state index in [1.807, 2.05) is 7.05 Å². The second-order valence-electron chi connectivity index (χ2n) is 5.13. The molecule has 0 aliphatic carbocycles. The Morgan fingerprint density at radius 1 is 1.42 bits per heavy atom. The Hall–Kier alpha value is -0.0400. The normalized spacial score (nSPS) is 20.8. The summed E-state index contributed by atoms with van der Waals surface area (Å²) in [5.41, 5.74) is 0. The van der Waals surface area contributed by atoms with Crippen LogP contribution in [-0.4, -0.2) is 38.3 Å². The Labute approximate surface area is 135 Å². The van der Waals surface area contributed by atoms with E-state index in [-0.39, 0.29) is 24.0 Å². The molecule has 1 heterocycles.